The molecule has 1 atom stereocenters. The Bertz CT molecular complexity index is 627. The summed E-state index contributed by atoms with van der Waals surface area (Å²) in [6.45, 7) is 0. The van der Waals surface area contributed by atoms with Crippen molar-refractivity contribution in [1.82, 2.24) is 4.98 Å². The van der Waals surface area contributed by atoms with E-state index in [1.165, 1.54) is 18.3 Å². The van der Waals surface area contributed by atoms with E-state index in [0.717, 1.165) is 0 Å². The first kappa shape index (κ1) is 11.2. The molecule has 5 heteroatoms. The zero-order valence-corrected chi connectivity index (χ0v) is 9.91. The van der Waals surface area contributed by atoms with Crippen LogP contribution in [-0.2, 0) is 4.79 Å². The third-order valence-corrected chi connectivity index (χ3v) is 3.25. The van der Waals surface area contributed by atoms with Crippen molar-refractivity contribution in [2.75, 3.05) is 5.32 Å². The molecule has 90 valence electrons. The van der Waals surface area contributed by atoms with Crippen LogP contribution in [0.4, 0.5) is 10.1 Å². The van der Waals surface area contributed by atoms with Crippen LogP contribution >= 0.6 is 11.6 Å². The van der Waals surface area contributed by atoms with Crippen LogP contribution in [-0.4, -0.2) is 10.9 Å². The molecule has 0 fully saturated rings. The largest absolute Gasteiger partial charge is 0.325 e. The van der Waals surface area contributed by atoms with Gasteiger partial charge >= 0.3 is 0 Å². The summed E-state index contributed by atoms with van der Waals surface area (Å²) in [5.74, 6) is -1.04. The Morgan fingerprint density at radius 2 is 1.94 bits per heavy atom. The molecule has 1 unspecified atom stereocenters. The van der Waals surface area contributed by atoms with Gasteiger partial charge in [-0.3, -0.25) is 4.79 Å². The number of carbonyl (C=O) groups excluding carboxylic acids is 1. The van der Waals surface area contributed by atoms with Gasteiger partial charge in [0.15, 0.2) is 0 Å². The molecular formula is C13H8ClFN2O. The SMILES string of the molecule is O=C1Nc2ccnc(Cl)c2C1c1ccc(F)cc1. The molecule has 1 aliphatic heterocycles. The molecule has 0 saturated carbocycles. The first-order chi connectivity index (χ1) is 8.66. The maximum Gasteiger partial charge on any atom is 0.236 e. The number of rotatable bonds is 1. The topological polar surface area (TPSA) is 42.0 Å². The van der Waals surface area contributed by atoms with E-state index in [9.17, 15) is 9.18 Å². The summed E-state index contributed by atoms with van der Waals surface area (Å²) in [7, 11) is 0. The lowest BCUT2D eigenvalue weighted by molar-refractivity contribution is -0.116. The maximum absolute atomic E-state index is 12.9. The second-order valence-corrected chi connectivity index (χ2v) is 4.39. The van der Waals surface area contributed by atoms with Crippen molar-refractivity contribution in [2.24, 2.45) is 0 Å². The molecule has 1 amide bonds. The molecule has 0 saturated heterocycles. The summed E-state index contributed by atoms with van der Waals surface area (Å²) in [6, 6.07) is 7.51. The number of benzene rings is 1. The minimum atomic E-state index is -0.526. The second kappa shape index (κ2) is 4.07. The van der Waals surface area contributed by atoms with Gasteiger partial charge in [0, 0.05) is 17.4 Å². The number of hydrogen-bond donors (Lipinski definition) is 1. The van der Waals surface area contributed by atoms with Gasteiger partial charge in [-0.15, -0.1) is 0 Å². The molecule has 0 aliphatic carbocycles. The number of hydrogen-bond acceptors (Lipinski definition) is 2. The normalized spacial score (nSPS) is 17.4. The van der Waals surface area contributed by atoms with E-state index in [1.54, 1.807) is 18.2 Å². The van der Waals surface area contributed by atoms with Crippen molar-refractivity contribution in [3.63, 3.8) is 0 Å². The molecular weight excluding hydrogens is 255 g/mol. The molecule has 0 radical (unpaired) electrons. The average Bonchev–Trinajstić information content (AvgIpc) is 2.68. The van der Waals surface area contributed by atoms with E-state index in [2.05, 4.69) is 10.3 Å². The average molecular weight is 263 g/mol. The van der Waals surface area contributed by atoms with Crippen LogP contribution in [0, 0.1) is 5.82 Å². The van der Waals surface area contributed by atoms with Gasteiger partial charge in [0.2, 0.25) is 5.91 Å². The van der Waals surface area contributed by atoms with Crippen molar-refractivity contribution >= 4 is 23.2 Å². The summed E-state index contributed by atoms with van der Waals surface area (Å²) >= 11 is 6.03. The molecule has 1 N–H and O–H groups in total. The molecule has 3 rings (SSSR count). The van der Waals surface area contributed by atoms with Gasteiger partial charge in [-0.05, 0) is 23.8 Å². The van der Waals surface area contributed by atoms with Crippen LogP contribution in [0.15, 0.2) is 36.5 Å². The van der Waals surface area contributed by atoms with Gasteiger partial charge in [0.25, 0.3) is 0 Å². The smallest absolute Gasteiger partial charge is 0.236 e. The molecule has 1 aliphatic rings. The molecule has 0 bridgehead atoms. The Morgan fingerprint density at radius 3 is 2.67 bits per heavy atom. The highest BCUT2D eigenvalue weighted by Gasteiger charge is 2.34. The molecule has 0 spiro atoms. The Labute approximate surface area is 108 Å². The number of halogens is 2. The summed E-state index contributed by atoms with van der Waals surface area (Å²) < 4.78 is 12.9. The Kier molecular flexibility index (Phi) is 2.52. The number of pyridine rings is 1. The third-order valence-electron chi connectivity index (χ3n) is 2.95. The number of nitrogens with one attached hydrogen (secondary N) is 1. The van der Waals surface area contributed by atoms with Gasteiger partial charge in [-0.1, -0.05) is 23.7 Å². The van der Waals surface area contributed by atoms with E-state index in [0.29, 0.717) is 22.0 Å². The van der Waals surface area contributed by atoms with Crippen molar-refractivity contribution in [2.45, 2.75) is 5.92 Å². The van der Waals surface area contributed by atoms with E-state index in [-0.39, 0.29) is 11.7 Å². The summed E-state index contributed by atoms with van der Waals surface area (Å²) in [4.78, 5) is 16.0. The maximum atomic E-state index is 12.9. The Balaban J connectivity index is 2.14. The number of fused-ring (bicyclic) bond motifs is 1. The first-order valence-corrected chi connectivity index (χ1v) is 5.75. The number of carbonyl (C=O) groups is 1. The molecule has 18 heavy (non-hydrogen) atoms. The predicted molar refractivity (Wildman–Crippen MR) is 66.1 cm³/mol. The quantitative estimate of drug-likeness (QED) is 0.803. The van der Waals surface area contributed by atoms with E-state index < -0.39 is 5.92 Å². The second-order valence-electron chi connectivity index (χ2n) is 4.04. The highest BCUT2D eigenvalue weighted by molar-refractivity contribution is 6.31. The summed E-state index contributed by atoms with van der Waals surface area (Å²) in [5.41, 5.74) is 2.01. The number of nitrogens with zero attached hydrogens (tertiary/aromatic N) is 1. The number of amides is 1. The van der Waals surface area contributed by atoms with E-state index in [1.807, 2.05) is 0 Å². The zero-order chi connectivity index (χ0) is 12.7. The minimum Gasteiger partial charge on any atom is -0.325 e. The van der Waals surface area contributed by atoms with Crippen molar-refractivity contribution in [1.29, 1.82) is 0 Å². The van der Waals surface area contributed by atoms with Gasteiger partial charge in [0.05, 0.1) is 5.92 Å². The lowest BCUT2D eigenvalue weighted by Crippen LogP contribution is -2.13. The van der Waals surface area contributed by atoms with Crippen LogP contribution in [0.1, 0.15) is 17.0 Å². The highest BCUT2D eigenvalue weighted by atomic mass is 35.5. The molecule has 1 aromatic carbocycles. The molecule has 2 aromatic rings. The van der Waals surface area contributed by atoms with Gasteiger partial charge in [-0.2, -0.15) is 0 Å². The standard InChI is InChI=1S/C13H8ClFN2O/c14-12-11-9(5-6-16-12)17-13(18)10(11)7-1-3-8(15)4-2-7/h1-6,10H,(H,17,18). The Hall–Kier alpha value is -1.94. The molecule has 2 heterocycles. The van der Waals surface area contributed by atoms with E-state index >= 15 is 0 Å². The Morgan fingerprint density at radius 1 is 1.22 bits per heavy atom. The fraction of sp³-hybridized carbons (Fsp3) is 0.0769. The van der Waals surface area contributed by atoms with Gasteiger partial charge < -0.3 is 5.32 Å². The fourth-order valence-corrected chi connectivity index (χ4v) is 2.41. The van der Waals surface area contributed by atoms with E-state index in [4.69, 9.17) is 11.6 Å². The van der Waals surface area contributed by atoms with Crippen LogP contribution in [0.25, 0.3) is 0 Å². The highest BCUT2D eigenvalue weighted by Crippen LogP contribution is 2.40. The van der Waals surface area contributed by atoms with Gasteiger partial charge in [-0.25, -0.2) is 9.37 Å². The first-order valence-electron chi connectivity index (χ1n) is 5.37. The fourth-order valence-electron chi connectivity index (χ4n) is 2.14. The van der Waals surface area contributed by atoms with Gasteiger partial charge in [0.1, 0.15) is 11.0 Å². The number of aromatic nitrogens is 1. The van der Waals surface area contributed by atoms with Crippen molar-refractivity contribution in [3.8, 4) is 0 Å². The number of anilines is 1. The lowest BCUT2D eigenvalue weighted by atomic mass is 9.94. The van der Waals surface area contributed by atoms with Crippen molar-refractivity contribution in [3.05, 3.63) is 58.6 Å². The monoisotopic (exact) mass is 262 g/mol. The predicted octanol–water partition coefficient (Wildman–Crippen LogP) is 2.96. The van der Waals surface area contributed by atoms with Crippen LogP contribution in [0.3, 0.4) is 0 Å². The van der Waals surface area contributed by atoms with Crippen LogP contribution < -0.4 is 5.32 Å². The minimum absolute atomic E-state index is 0.175. The van der Waals surface area contributed by atoms with Crippen molar-refractivity contribution < 1.29 is 9.18 Å². The van der Waals surface area contributed by atoms with Crippen LogP contribution in [0.2, 0.25) is 5.15 Å². The lowest BCUT2D eigenvalue weighted by Gasteiger charge is -2.09. The molecule has 3 nitrogen and oxygen atoms in total. The van der Waals surface area contributed by atoms with Crippen LogP contribution in [0.5, 0.6) is 0 Å². The molecule has 1 aromatic heterocycles. The summed E-state index contributed by atoms with van der Waals surface area (Å²) in [5, 5.41) is 3.04. The third kappa shape index (κ3) is 1.66. The summed E-state index contributed by atoms with van der Waals surface area (Å²) in [6.07, 6.45) is 1.54. The zero-order valence-electron chi connectivity index (χ0n) is 9.15.